The van der Waals surface area contributed by atoms with Crippen molar-refractivity contribution in [1.29, 1.82) is 0 Å². The number of hydrogen-bond donors (Lipinski definition) is 2. The van der Waals surface area contributed by atoms with Gasteiger partial charge in [-0.15, -0.1) is 0 Å². The number of halogens is 1. The Labute approximate surface area is 164 Å². The summed E-state index contributed by atoms with van der Waals surface area (Å²) in [5.74, 6) is -0.625. The second-order valence-electron chi connectivity index (χ2n) is 5.50. The van der Waals surface area contributed by atoms with E-state index in [0.29, 0.717) is 26.5 Å². The number of aliphatic carboxylic acids is 1. The Morgan fingerprint density at radius 2 is 2.07 bits per heavy atom. The van der Waals surface area contributed by atoms with Gasteiger partial charge in [0.2, 0.25) is 0 Å². The van der Waals surface area contributed by atoms with E-state index in [9.17, 15) is 9.59 Å². The van der Waals surface area contributed by atoms with Gasteiger partial charge in [-0.3, -0.25) is 9.59 Å². The lowest BCUT2D eigenvalue weighted by Gasteiger charge is -2.05. The molecule has 8 heteroatoms. The van der Waals surface area contributed by atoms with E-state index in [1.54, 1.807) is 36.4 Å². The normalized spacial score (nSPS) is 16.6. The van der Waals surface area contributed by atoms with Crippen LogP contribution in [0.1, 0.15) is 12.0 Å². The Morgan fingerprint density at radius 3 is 2.85 bits per heavy atom. The van der Waals surface area contributed by atoms with Crippen LogP contribution in [0, 0.1) is 0 Å². The molecule has 1 heterocycles. The zero-order valence-electron chi connectivity index (χ0n) is 14.0. The maximum atomic E-state index is 12.2. The standard InChI is InChI=1S/C19H15ClN2O4S/c20-14-6-1-2-7-15(14)21-19-22-18(25)16(27-19)11-12-4-3-5-13(10-12)26-9-8-17(23)24/h1-7,10-11H,8-9H2,(H,23,24)(H,21,22,25)/b16-11+. The minimum atomic E-state index is -0.919. The number of carbonyl (C=O) groups excluding carboxylic acids is 1. The van der Waals surface area contributed by atoms with E-state index in [4.69, 9.17) is 21.4 Å². The molecule has 0 radical (unpaired) electrons. The molecule has 1 amide bonds. The molecule has 0 spiro atoms. The number of thioether (sulfide) groups is 1. The predicted octanol–water partition coefficient (Wildman–Crippen LogP) is 4.09. The maximum Gasteiger partial charge on any atom is 0.306 e. The summed E-state index contributed by atoms with van der Waals surface area (Å²) < 4.78 is 5.41. The summed E-state index contributed by atoms with van der Waals surface area (Å²) in [4.78, 5) is 27.6. The summed E-state index contributed by atoms with van der Waals surface area (Å²) in [6.07, 6.45) is 1.64. The van der Waals surface area contributed by atoms with Gasteiger partial charge in [-0.05, 0) is 47.7 Å². The maximum absolute atomic E-state index is 12.2. The first kappa shape index (κ1) is 19.0. The van der Waals surface area contributed by atoms with Crippen molar-refractivity contribution in [3.63, 3.8) is 0 Å². The third-order valence-electron chi connectivity index (χ3n) is 3.47. The molecule has 1 fully saturated rings. The second kappa shape index (κ2) is 8.75. The van der Waals surface area contributed by atoms with Crippen molar-refractivity contribution in [2.75, 3.05) is 6.61 Å². The number of ether oxygens (including phenoxy) is 1. The Kier molecular flexibility index (Phi) is 6.16. The van der Waals surface area contributed by atoms with Crippen molar-refractivity contribution in [2.45, 2.75) is 6.42 Å². The molecule has 0 unspecified atom stereocenters. The summed E-state index contributed by atoms with van der Waals surface area (Å²) in [7, 11) is 0. The number of nitrogens with one attached hydrogen (secondary N) is 1. The first-order valence-electron chi connectivity index (χ1n) is 8.00. The monoisotopic (exact) mass is 402 g/mol. The van der Waals surface area contributed by atoms with Gasteiger partial charge in [-0.25, -0.2) is 4.99 Å². The number of amidine groups is 1. The minimum absolute atomic E-state index is 0.0779. The van der Waals surface area contributed by atoms with Gasteiger partial charge in [0, 0.05) is 0 Å². The smallest absolute Gasteiger partial charge is 0.306 e. The number of hydrogen-bond acceptors (Lipinski definition) is 5. The van der Waals surface area contributed by atoms with E-state index >= 15 is 0 Å². The van der Waals surface area contributed by atoms with Crippen LogP contribution in [-0.4, -0.2) is 28.8 Å². The highest BCUT2D eigenvalue weighted by Gasteiger charge is 2.24. The van der Waals surface area contributed by atoms with Crippen molar-refractivity contribution < 1.29 is 19.4 Å². The molecule has 0 atom stereocenters. The van der Waals surface area contributed by atoms with Crippen LogP contribution >= 0.6 is 23.4 Å². The van der Waals surface area contributed by atoms with Gasteiger partial charge in [0.25, 0.3) is 5.91 Å². The third-order valence-corrected chi connectivity index (χ3v) is 4.70. The summed E-state index contributed by atoms with van der Waals surface area (Å²) in [6.45, 7) is 0.0826. The van der Waals surface area contributed by atoms with E-state index in [2.05, 4.69) is 10.3 Å². The number of carboxylic acids is 1. The molecule has 0 bridgehead atoms. The molecule has 0 saturated carbocycles. The Hall–Kier alpha value is -2.77. The Bertz CT molecular complexity index is 943. The number of para-hydroxylation sites is 1. The Balaban J connectivity index is 1.73. The number of carbonyl (C=O) groups is 2. The summed E-state index contributed by atoms with van der Waals surface area (Å²) in [5.41, 5.74) is 1.34. The topological polar surface area (TPSA) is 88.0 Å². The number of benzene rings is 2. The molecular weight excluding hydrogens is 388 g/mol. The SMILES string of the molecule is O=C(O)CCOc1cccc(/C=C2/SC(=Nc3ccccc3Cl)NC2=O)c1. The van der Waals surface area contributed by atoms with Crippen LogP contribution in [0.25, 0.3) is 6.08 Å². The molecule has 2 aromatic carbocycles. The van der Waals surface area contributed by atoms with E-state index in [-0.39, 0.29) is 18.9 Å². The fourth-order valence-corrected chi connectivity index (χ4v) is 3.25. The number of rotatable bonds is 6. The third kappa shape index (κ3) is 5.35. The highest BCUT2D eigenvalue weighted by Crippen LogP contribution is 2.31. The van der Waals surface area contributed by atoms with E-state index in [1.807, 2.05) is 18.2 Å². The molecule has 0 aromatic heterocycles. The quantitative estimate of drug-likeness (QED) is 0.710. The highest BCUT2D eigenvalue weighted by atomic mass is 35.5. The summed E-state index contributed by atoms with van der Waals surface area (Å²) in [6, 6.07) is 14.2. The van der Waals surface area contributed by atoms with Crippen molar-refractivity contribution in [3.05, 3.63) is 64.0 Å². The van der Waals surface area contributed by atoms with Crippen LogP contribution in [0.3, 0.4) is 0 Å². The van der Waals surface area contributed by atoms with Crippen LogP contribution in [0.2, 0.25) is 5.02 Å². The van der Waals surface area contributed by atoms with Crippen molar-refractivity contribution in [1.82, 2.24) is 5.32 Å². The molecule has 0 aliphatic carbocycles. The highest BCUT2D eigenvalue weighted by molar-refractivity contribution is 8.18. The first-order valence-corrected chi connectivity index (χ1v) is 9.19. The lowest BCUT2D eigenvalue weighted by molar-refractivity contribution is -0.137. The number of nitrogens with zero attached hydrogens (tertiary/aromatic N) is 1. The Morgan fingerprint density at radius 1 is 1.26 bits per heavy atom. The summed E-state index contributed by atoms with van der Waals surface area (Å²) in [5, 5.41) is 12.3. The molecule has 3 rings (SSSR count). The van der Waals surface area contributed by atoms with Crippen molar-refractivity contribution >= 4 is 52.2 Å². The molecular formula is C19H15ClN2O4S. The van der Waals surface area contributed by atoms with Crippen LogP contribution in [-0.2, 0) is 9.59 Å². The van der Waals surface area contributed by atoms with E-state index in [1.165, 1.54) is 11.8 Å². The second-order valence-corrected chi connectivity index (χ2v) is 6.94. The van der Waals surface area contributed by atoms with Gasteiger partial charge in [-0.2, -0.15) is 0 Å². The number of amides is 1. The first-order chi connectivity index (χ1) is 13.0. The van der Waals surface area contributed by atoms with Crippen LogP contribution in [0.5, 0.6) is 5.75 Å². The van der Waals surface area contributed by atoms with E-state index < -0.39 is 5.97 Å². The number of carboxylic acid groups (broad SMARTS) is 1. The molecule has 2 aromatic rings. The summed E-state index contributed by atoms with van der Waals surface area (Å²) >= 11 is 7.31. The van der Waals surface area contributed by atoms with Crippen LogP contribution in [0.4, 0.5) is 5.69 Å². The lowest BCUT2D eigenvalue weighted by atomic mass is 10.2. The molecule has 1 saturated heterocycles. The lowest BCUT2D eigenvalue weighted by Crippen LogP contribution is -2.19. The van der Waals surface area contributed by atoms with Crippen molar-refractivity contribution in [2.24, 2.45) is 4.99 Å². The number of aliphatic imine (C=N–C) groups is 1. The molecule has 6 nitrogen and oxygen atoms in total. The van der Waals surface area contributed by atoms with Gasteiger partial charge in [0.15, 0.2) is 5.17 Å². The van der Waals surface area contributed by atoms with Gasteiger partial charge >= 0.3 is 5.97 Å². The molecule has 1 aliphatic heterocycles. The van der Waals surface area contributed by atoms with Gasteiger partial charge in [-0.1, -0.05) is 35.9 Å². The van der Waals surface area contributed by atoms with E-state index in [0.717, 1.165) is 5.56 Å². The van der Waals surface area contributed by atoms with Crippen LogP contribution < -0.4 is 10.1 Å². The van der Waals surface area contributed by atoms with Gasteiger partial charge in [0.05, 0.1) is 28.6 Å². The average molecular weight is 403 g/mol. The largest absolute Gasteiger partial charge is 0.493 e. The molecule has 138 valence electrons. The molecule has 27 heavy (non-hydrogen) atoms. The fraction of sp³-hybridized carbons (Fsp3) is 0.105. The predicted molar refractivity (Wildman–Crippen MR) is 106 cm³/mol. The molecule has 1 aliphatic rings. The average Bonchev–Trinajstić information content (AvgIpc) is 2.96. The van der Waals surface area contributed by atoms with Gasteiger partial charge < -0.3 is 15.2 Å². The molecule has 2 N–H and O–H groups in total. The fourth-order valence-electron chi connectivity index (χ4n) is 2.23. The van der Waals surface area contributed by atoms with Gasteiger partial charge in [0.1, 0.15) is 5.75 Å². The van der Waals surface area contributed by atoms with Crippen molar-refractivity contribution in [3.8, 4) is 5.75 Å². The van der Waals surface area contributed by atoms with Crippen LogP contribution in [0.15, 0.2) is 58.4 Å². The zero-order valence-corrected chi connectivity index (χ0v) is 15.6. The minimum Gasteiger partial charge on any atom is -0.493 e. The zero-order chi connectivity index (χ0) is 19.2.